The number of anilines is 1. The quantitative estimate of drug-likeness (QED) is 0.388. The molecule has 0 aliphatic carbocycles. The second kappa shape index (κ2) is 9.00. The summed E-state index contributed by atoms with van der Waals surface area (Å²) in [5.41, 5.74) is 0.319. The molecule has 0 saturated carbocycles. The van der Waals surface area contributed by atoms with Crippen molar-refractivity contribution in [2.75, 3.05) is 5.32 Å². The second-order valence-corrected chi connectivity index (χ2v) is 8.37. The number of rotatable bonds is 5. The zero-order valence-corrected chi connectivity index (χ0v) is 19.0. The van der Waals surface area contributed by atoms with Crippen LogP contribution in [0.25, 0.3) is 10.9 Å². The SMILES string of the molecule is CC(F)(F)c1ccc(Cn2cnc3cccc(NC(=O)c4cc(Cl)c(O)c(Cl)c4)c3c2=O)cn1. The first-order chi connectivity index (χ1) is 16.0. The molecule has 2 aromatic carbocycles. The maximum atomic E-state index is 13.4. The number of hydrogen-bond acceptors (Lipinski definition) is 5. The molecular formula is C23H16Cl2F2N4O3. The minimum absolute atomic E-state index is 0.0375. The largest absolute Gasteiger partial charge is 0.505 e. The summed E-state index contributed by atoms with van der Waals surface area (Å²) in [5, 5.41) is 12.3. The van der Waals surface area contributed by atoms with Crippen LogP contribution in [0.1, 0.15) is 28.5 Å². The topological polar surface area (TPSA) is 97.1 Å². The van der Waals surface area contributed by atoms with Crippen LogP contribution in [-0.4, -0.2) is 25.5 Å². The average molecular weight is 505 g/mol. The third-order valence-corrected chi connectivity index (χ3v) is 5.58. The van der Waals surface area contributed by atoms with Gasteiger partial charge in [0.25, 0.3) is 17.4 Å². The van der Waals surface area contributed by atoms with E-state index in [1.807, 2.05) is 0 Å². The van der Waals surface area contributed by atoms with Crippen LogP contribution in [0.4, 0.5) is 14.5 Å². The number of aromatic hydroxyl groups is 1. The van der Waals surface area contributed by atoms with Crippen LogP contribution in [0.3, 0.4) is 0 Å². The molecule has 4 rings (SSSR count). The Hall–Kier alpha value is -3.56. The minimum Gasteiger partial charge on any atom is -0.505 e. The number of nitrogens with one attached hydrogen (secondary N) is 1. The number of hydrogen-bond donors (Lipinski definition) is 2. The Labute approximate surface area is 201 Å². The number of pyridine rings is 1. The molecule has 7 nitrogen and oxygen atoms in total. The summed E-state index contributed by atoms with van der Waals surface area (Å²) in [4.78, 5) is 34.0. The van der Waals surface area contributed by atoms with E-state index >= 15 is 0 Å². The number of amides is 1. The van der Waals surface area contributed by atoms with E-state index in [1.165, 1.54) is 47.4 Å². The van der Waals surface area contributed by atoms with Gasteiger partial charge in [0.05, 0.1) is 39.5 Å². The van der Waals surface area contributed by atoms with E-state index in [1.54, 1.807) is 12.1 Å². The number of carbonyl (C=O) groups is 1. The number of phenols is 1. The molecule has 2 heterocycles. The maximum absolute atomic E-state index is 13.4. The van der Waals surface area contributed by atoms with Gasteiger partial charge in [0.15, 0.2) is 5.75 Å². The van der Waals surface area contributed by atoms with Gasteiger partial charge in [-0.3, -0.25) is 19.1 Å². The molecule has 0 unspecified atom stereocenters. The summed E-state index contributed by atoms with van der Waals surface area (Å²) in [7, 11) is 0. The van der Waals surface area contributed by atoms with Crippen molar-refractivity contribution in [2.24, 2.45) is 0 Å². The molecule has 0 atom stereocenters. The van der Waals surface area contributed by atoms with E-state index in [2.05, 4.69) is 15.3 Å². The molecule has 0 bridgehead atoms. The first-order valence-corrected chi connectivity index (χ1v) is 10.6. The van der Waals surface area contributed by atoms with Crippen molar-refractivity contribution in [1.29, 1.82) is 0 Å². The van der Waals surface area contributed by atoms with Gasteiger partial charge in [0.1, 0.15) is 5.69 Å². The lowest BCUT2D eigenvalue weighted by Crippen LogP contribution is -2.23. The Bertz CT molecular complexity index is 1450. The van der Waals surface area contributed by atoms with E-state index in [0.29, 0.717) is 11.1 Å². The number of alkyl halides is 2. The van der Waals surface area contributed by atoms with Gasteiger partial charge in [-0.15, -0.1) is 0 Å². The van der Waals surface area contributed by atoms with Gasteiger partial charge in [-0.25, -0.2) is 4.98 Å². The van der Waals surface area contributed by atoms with Crippen LogP contribution in [0, 0.1) is 0 Å². The molecule has 2 aromatic heterocycles. The van der Waals surface area contributed by atoms with Crippen LogP contribution < -0.4 is 10.9 Å². The summed E-state index contributed by atoms with van der Waals surface area (Å²) < 4.78 is 28.1. The van der Waals surface area contributed by atoms with Gasteiger partial charge in [0, 0.05) is 18.7 Å². The first kappa shape index (κ1) is 23.6. The van der Waals surface area contributed by atoms with Gasteiger partial charge in [0.2, 0.25) is 0 Å². The summed E-state index contributed by atoms with van der Waals surface area (Å²) in [6.07, 6.45) is 2.60. The highest BCUT2D eigenvalue weighted by Gasteiger charge is 2.25. The normalized spacial score (nSPS) is 11.6. The number of halogens is 4. The van der Waals surface area contributed by atoms with Gasteiger partial charge in [-0.1, -0.05) is 35.3 Å². The minimum atomic E-state index is -3.07. The molecule has 174 valence electrons. The molecule has 0 spiro atoms. The lowest BCUT2D eigenvalue weighted by atomic mass is 10.1. The third-order valence-electron chi connectivity index (χ3n) is 5.01. The van der Waals surface area contributed by atoms with Crippen molar-refractivity contribution in [3.8, 4) is 5.75 Å². The molecule has 0 aliphatic rings. The lowest BCUT2D eigenvalue weighted by molar-refractivity contribution is 0.0127. The second-order valence-electron chi connectivity index (χ2n) is 7.56. The first-order valence-electron chi connectivity index (χ1n) is 9.85. The summed E-state index contributed by atoms with van der Waals surface area (Å²) in [6.45, 7) is 0.790. The predicted molar refractivity (Wildman–Crippen MR) is 125 cm³/mol. The molecule has 1 amide bonds. The van der Waals surface area contributed by atoms with Crippen molar-refractivity contribution in [3.05, 3.63) is 92.2 Å². The number of benzene rings is 2. The Morgan fingerprint density at radius 1 is 1.15 bits per heavy atom. The highest BCUT2D eigenvalue weighted by atomic mass is 35.5. The van der Waals surface area contributed by atoms with Gasteiger partial charge < -0.3 is 10.4 Å². The van der Waals surface area contributed by atoms with Crippen LogP contribution >= 0.6 is 23.2 Å². The van der Waals surface area contributed by atoms with Gasteiger partial charge in [-0.2, -0.15) is 8.78 Å². The highest BCUT2D eigenvalue weighted by Crippen LogP contribution is 2.33. The monoisotopic (exact) mass is 504 g/mol. The molecule has 11 heteroatoms. The molecule has 0 radical (unpaired) electrons. The number of fused-ring (bicyclic) bond motifs is 1. The molecule has 34 heavy (non-hydrogen) atoms. The fraction of sp³-hybridized carbons (Fsp3) is 0.130. The van der Waals surface area contributed by atoms with E-state index < -0.39 is 17.4 Å². The Balaban J connectivity index is 1.68. The van der Waals surface area contributed by atoms with Crippen molar-refractivity contribution in [2.45, 2.75) is 19.4 Å². The van der Waals surface area contributed by atoms with E-state index in [0.717, 1.165) is 6.92 Å². The summed E-state index contributed by atoms with van der Waals surface area (Å²) in [5.74, 6) is -4.02. The van der Waals surface area contributed by atoms with Gasteiger partial charge >= 0.3 is 0 Å². The van der Waals surface area contributed by atoms with E-state index in [9.17, 15) is 23.5 Å². The maximum Gasteiger partial charge on any atom is 0.286 e. The Kier molecular flexibility index (Phi) is 6.24. The van der Waals surface area contributed by atoms with Crippen LogP contribution in [0.5, 0.6) is 5.75 Å². The molecule has 0 fully saturated rings. The zero-order valence-electron chi connectivity index (χ0n) is 17.5. The molecule has 2 N–H and O–H groups in total. The van der Waals surface area contributed by atoms with Crippen molar-refractivity contribution >= 4 is 45.7 Å². The van der Waals surface area contributed by atoms with Crippen molar-refractivity contribution in [1.82, 2.24) is 14.5 Å². The zero-order chi connectivity index (χ0) is 24.6. The smallest absolute Gasteiger partial charge is 0.286 e. The number of nitrogens with zero attached hydrogens (tertiary/aromatic N) is 3. The number of aromatic nitrogens is 3. The molecule has 0 aliphatic heterocycles. The number of phenolic OH excluding ortho intramolecular Hbond substituents is 1. The standard InChI is InChI=1S/C23H16Cl2F2N4O3/c1-23(26,27)18-6-5-12(9-28-18)10-31-11-29-16-3-2-4-17(19(16)22(31)34)30-21(33)13-7-14(24)20(32)15(25)8-13/h2-9,11,32H,10H2,1H3,(H,30,33). The van der Waals surface area contributed by atoms with Gasteiger partial charge in [-0.05, 0) is 35.9 Å². The van der Waals surface area contributed by atoms with Crippen LogP contribution in [-0.2, 0) is 12.5 Å². The highest BCUT2D eigenvalue weighted by molar-refractivity contribution is 6.37. The molecular weight excluding hydrogens is 489 g/mol. The lowest BCUT2D eigenvalue weighted by Gasteiger charge is -2.12. The van der Waals surface area contributed by atoms with E-state index in [-0.39, 0.29) is 44.7 Å². The number of carbonyl (C=O) groups excluding carboxylic acids is 1. The fourth-order valence-corrected chi connectivity index (χ4v) is 3.77. The summed E-state index contributed by atoms with van der Waals surface area (Å²) >= 11 is 11.8. The fourth-order valence-electron chi connectivity index (χ4n) is 3.28. The average Bonchev–Trinajstić information content (AvgIpc) is 2.78. The third kappa shape index (κ3) is 4.71. The Morgan fingerprint density at radius 2 is 1.85 bits per heavy atom. The summed E-state index contributed by atoms with van der Waals surface area (Å²) in [6, 6.07) is 9.93. The predicted octanol–water partition coefficient (Wildman–Crippen LogP) is 5.22. The van der Waals surface area contributed by atoms with E-state index in [4.69, 9.17) is 23.2 Å². The van der Waals surface area contributed by atoms with Crippen molar-refractivity contribution < 1.29 is 18.7 Å². The Morgan fingerprint density at radius 3 is 2.47 bits per heavy atom. The molecule has 4 aromatic rings. The van der Waals surface area contributed by atoms with Crippen LogP contribution in [0.15, 0.2) is 59.8 Å². The van der Waals surface area contributed by atoms with Crippen LogP contribution in [0.2, 0.25) is 10.0 Å². The molecule has 0 saturated heterocycles. The van der Waals surface area contributed by atoms with Crippen molar-refractivity contribution in [3.63, 3.8) is 0 Å².